The van der Waals surface area contributed by atoms with Crippen molar-refractivity contribution in [3.05, 3.63) is 11.7 Å². The van der Waals surface area contributed by atoms with E-state index in [2.05, 4.69) is 17.1 Å². The van der Waals surface area contributed by atoms with Crippen molar-refractivity contribution in [1.82, 2.24) is 10.1 Å². The number of hydrogen-bond donors (Lipinski definition) is 1. The Morgan fingerprint density at radius 3 is 2.74 bits per heavy atom. The Hall–Kier alpha value is -0.900. The van der Waals surface area contributed by atoms with Crippen molar-refractivity contribution < 1.29 is 4.52 Å². The highest BCUT2D eigenvalue weighted by Crippen LogP contribution is 2.37. The molecule has 1 aromatic heterocycles. The van der Waals surface area contributed by atoms with E-state index in [1.54, 1.807) is 0 Å². The van der Waals surface area contributed by atoms with Gasteiger partial charge in [-0.05, 0) is 38.0 Å². The Balaban J connectivity index is 1.64. The molecule has 4 nitrogen and oxygen atoms in total. The first-order chi connectivity index (χ1) is 9.15. The lowest BCUT2D eigenvalue weighted by atomic mass is 9.80. The minimum Gasteiger partial charge on any atom is -0.339 e. The summed E-state index contributed by atoms with van der Waals surface area (Å²) in [5.74, 6) is 2.97. The van der Waals surface area contributed by atoms with Crippen molar-refractivity contribution in [2.75, 3.05) is 0 Å². The fourth-order valence-electron chi connectivity index (χ4n) is 3.68. The molecule has 2 saturated carbocycles. The van der Waals surface area contributed by atoms with E-state index in [1.165, 1.54) is 38.5 Å². The molecule has 1 aromatic rings. The molecular formula is C15H25N3O. The summed E-state index contributed by atoms with van der Waals surface area (Å²) in [5, 5.41) is 4.19. The summed E-state index contributed by atoms with van der Waals surface area (Å²) in [4.78, 5) is 4.61. The number of rotatable bonds is 3. The molecule has 3 rings (SSSR count). The Labute approximate surface area is 115 Å². The van der Waals surface area contributed by atoms with Crippen LogP contribution in [-0.4, -0.2) is 15.7 Å². The van der Waals surface area contributed by atoms with Crippen LogP contribution in [0.4, 0.5) is 0 Å². The molecule has 19 heavy (non-hydrogen) atoms. The van der Waals surface area contributed by atoms with Crippen LogP contribution in [0.2, 0.25) is 0 Å². The predicted octanol–water partition coefficient (Wildman–Crippen LogP) is 3.18. The van der Waals surface area contributed by atoms with Crippen molar-refractivity contribution in [1.29, 1.82) is 0 Å². The molecular weight excluding hydrogens is 238 g/mol. The van der Waals surface area contributed by atoms with E-state index in [4.69, 9.17) is 10.3 Å². The van der Waals surface area contributed by atoms with Gasteiger partial charge in [-0.1, -0.05) is 31.3 Å². The molecule has 0 bridgehead atoms. The highest BCUT2D eigenvalue weighted by atomic mass is 16.5. The van der Waals surface area contributed by atoms with Crippen LogP contribution in [-0.2, 0) is 6.42 Å². The van der Waals surface area contributed by atoms with E-state index >= 15 is 0 Å². The number of nitrogens with zero attached hydrogens (tertiary/aromatic N) is 2. The van der Waals surface area contributed by atoms with Crippen molar-refractivity contribution in [3.63, 3.8) is 0 Å². The van der Waals surface area contributed by atoms with Gasteiger partial charge in [0.25, 0.3) is 0 Å². The van der Waals surface area contributed by atoms with E-state index in [1.807, 2.05) is 0 Å². The lowest BCUT2D eigenvalue weighted by Crippen LogP contribution is -2.43. The van der Waals surface area contributed by atoms with E-state index in [0.717, 1.165) is 36.9 Å². The maximum Gasteiger partial charge on any atom is 0.228 e. The second kappa shape index (κ2) is 5.23. The predicted molar refractivity (Wildman–Crippen MR) is 73.8 cm³/mol. The molecule has 0 spiro atoms. The van der Waals surface area contributed by atoms with Gasteiger partial charge >= 0.3 is 0 Å². The lowest BCUT2D eigenvalue weighted by molar-refractivity contribution is 0.260. The molecule has 0 aromatic carbocycles. The molecule has 0 amide bonds. The number of hydrogen-bond acceptors (Lipinski definition) is 4. The third kappa shape index (κ3) is 2.99. The van der Waals surface area contributed by atoms with Crippen molar-refractivity contribution in [3.8, 4) is 0 Å². The number of aromatic nitrogens is 2. The molecule has 2 aliphatic rings. The molecule has 4 heteroatoms. The normalized spacial score (nSPS) is 30.6. The molecule has 2 N–H and O–H groups in total. The highest BCUT2D eigenvalue weighted by molar-refractivity contribution is 5.02. The summed E-state index contributed by atoms with van der Waals surface area (Å²) < 4.78 is 5.44. The smallest absolute Gasteiger partial charge is 0.228 e. The zero-order chi connectivity index (χ0) is 13.3. The fraction of sp³-hybridized carbons (Fsp3) is 0.867. The van der Waals surface area contributed by atoms with Gasteiger partial charge in [0.1, 0.15) is 0 Å². The first-order valence-corrected chi connectivity index (χ1v) is 7.76. The van der Waals surface area contributed by atoms with Crippen LogP contribution in [0.15, 0.2) is 4.52 Å². The average molecular weight is 263 g/mol. The van der Waals surface area contributed by atoms with Gasteiger partial charge in [0.2, 0.25) is 5.89 Å². The van der Waals surface area contributed by atoms with Crippen LogP contribution in [0.25, 0.3) is 0 Å². The molecule has 0 saturated heterocycles. The largest absolute Gasteiger partial charge is 0.339 e. The van der Waals surface area contributed by atoms with Gasteiger partial charge in [0.15, 0.2) is 5.82 Å². The molecule has 1 heterocycles. The summed E-state index contributed by atoms with van der Waals surface area (Å²) in [6.45, 7) is 2.30. The zero-order valence-corrected chi connectivity index (χ0v) is 11.9. The maximum absolute atomic E-state index is 6.45. The molecule has 2 aliphatic carbocycles. The van der Waals surface area contributed by atoms with Crippen molar-refractivity contribution in [2.24, 2.45) is 11.7 Å². The standard InChI is InChI=1S/C15H25N3O/c1-11-5-6-12(9-11)14-17-13(19-18-14)10-15(16)7-3-2-4-8-15/h11-12H,2-10,16H2,1H3. The third-order valence-corrected chi connectivity index (χ3v) is 4.90. The topological polar surface area (TPSA) is 64.9 Å². The summed E-state index contributed by atoms with van der Waals surface area (Å²) in [7, 11) is 0. The van der Waals surface area contributed by atoms with Crippen LogP contribution in [0.3, 0.4) is 0 Å². The minimum atomic E-state index is -0.106. The van der Waals surface area contributed by atoms with Crippen LogP contribution in [0.5, 0.6) is 0 Å². The van der Waals surface area contributed by atoms with Gasteiger partial charge in [-0.2, -0.15) is 4.98 Å². The van der Waals surface area contributed by atoms with E-state index in [0.29, 0.717) is 5.92 Å². The average Bonchev–Trinajstić information content (AvgIpc) is 2.98. The fourth-order valence-corrected chi connectivity index (χ4v) is 3.68. The Bertz CT molecular complexity index is 423. The molecule has 0 radical (unpaired) electrons. The SMILES string of the molecule is CC1CCC(c2noc(CC3(N)CCCCC3)n2)C1. The minimum absolute atomic E-state index is 0.106. The second-order valence-corrected chi connectivity index (χ2v) is 6.76. The van der Waals surface area contributed by atoms with Gasteiger partial charge in [-0.25, -0.2) is 0 Å². The van der Waals surface area contributed by atoms with Crippen molar-refractivity contribution in [2.45, 2.75) is 76.2 Å². The van der Waals surface area contributed by atoms with Gasteiger partial charge in [-0.15, -0.1) is 0 Å². The van der Waals surface area contributed by atoms with E-state index in [9.17, 15) is 0 Å². The van der Waals surface area contributed by atoms with E-state index < -0.39 is 0 Å². The quantitative estimate of drug-likeness (QED) is 0.909. The van der Waals surface area contributed by atoms with Crippen LogP contribution in [0.1, 0.15) is 75.9 Å². The van der Waals surface area contributed by atoms with Crippen LogP contribution >= 0.6 is 0 Å². The van der Waals surface area contributed by atoms with Crippen LogP contribution in [0, 0.1) is 5.92 Å². The summed E-state index contributed by atoms with van der Waals surface area (Å²) in [5.41, 5.74) is 6.34. The summed E-state index contributed by atoms with van der Waals surface area (Å²) >= 11 is 0. The first-order valence-electron chi connectivity index (χ1n) is 7.76. The van der Waals surface area contributed by atoms with Gasteiger partial charge in [0.05, 0.1) is 0 Å². The van der Waals surface area contributed by atoms with Gasteiger partial charge in [0, 0.05) is 17.9 Å². The monoisotopic (exact) mass is 263 g/mol. The molecule has 2 unspecified atom stereocenters. The van der Waals surface area contributed by atoms with Crippen LogP contribution < -0.4 is 5.73 Å². The summed E-state index contributed by atoms with van der Waals surface area (Å²) in [6, 6.07) is 0. The summed E-state index contributed by atoms with van der Waals surface area (Å²) in [6.07, 6.45) is 10.4. The van der Waals surface area contributed by atoms with E-state index in [-0.39, 0.29) is 5.54 Å². The van der Waals surface area contributed by atoms with Gasteiger partial charge < -0.3 is 10.3 Å². The maximum atomic E-state index is 6.45. The lowest BCUT2D eigenvalue weighted by Gasteiger charge is -2.31. The zero-order valence-electron chi connectivity index (χ0n) is 11.9. The molecule has 2 fully saturated rings. The second-order valence-electron chi connectivity index (χ2n) is 6.76. The molecule has 2 atom stereocenters. The molecule has 106 valence electrons. The Morgan fingerprint density at radius 2 is 2.05 bits per heavy atom. The Morgan fingerprint density at radius 1 is 1.26 bits per heavy atom. The number of nitrogens with two attached hydrogens (primary N) is 1. The van der Waals surface area contributed by atoms with Gasteiger partial charge in [-0.3, -0.25) is 0 Å². The van der Waals surface area contributed by atoms with Crippen molar-refractivity contribution >= 4 is 0 Å². The third-order valence-electron chi connectivity index (χ3n) is 4.90. The molecule has 0 aliphatic heterocycles. The first kappa shape index (κ1) is 13.1. The highest BCUT2D eigenvalue weighted by Gasteiger charge is 2.31. The Kier molecular flexibility index (Phi) is 3.61.